The van der Waals surface area contributed by atoms with Crippen LogP contribution >= 0.6 is 0 Å². The van der Waals surface area contributed by atoms with Crippen molar-refractivity contribution in [3.05, 3.63) is 53.6 Å². The van der Waals surface area contributed by atoms with Crippen LogP contribution < -0.4 is 19.5 Å². The van der Waals surface area contributed by atoms with Gasteiger partial charge in [-0.3, -0.25) is 14.5 Å². The number of ether oxygens (including phenoxy) is 3. The maximum Gasteiger partial charge on any atom is 0.309 e. The number of likely N-dealkylation sites (tertiary alicyclic amines) is 1. The van der Waals surface area contributed by atoms with Crippen LogP contribution in [0.1, 0.15) is 49.8 Å². The second kappa shape index (κ2) is 10.3. The summed E-state index contributed by atoms with van der Waals surface area (Å²) in [5.74, 6) is -0.0866. The lowest BCUT2D eigenvalue weighted by molar-refractivity contribution is -0.143. The third kappa shape index (κ3) is 4.82. The molecule has 182 valence electrons. The summed E-state index contributed by atoms with van der Waals surface area (Å²) >= 11 is 0. The first-order valence-corrected chi connectivity index (χ1v) is 11.7. The fourth-order valence-corrected chi connectivity index (χ4v) is 5.03. The molecule has 8 nitrogen and oxygen atoms in total. The van der Waals surface area contributed by atoms with Crippen LogP contribution in [0.2, 0.25) is 0 Å². The number of carbonyl (C=O) groups is 2. The zero-order valence-electron chi connectivity index (χ0n) is 19.8. The van der Waals surface area contributed by atoms with E-state index in [4.69, 9.17) is 14.2 Å². The van der Waals surface area contributed by atoms with E-state index in [1.165, 1.54) is 0 Å². The highest BCUT2D eigenvalue weighted by Gasteiger charge is 2.48. The zero-order valence-corrected chi connectivity index (χ0v) is 19.8. The Morgan fingerprint density at radius 3 is 2.41 bits per heavy atom. The smallest absolute Gasteiger partial charge is 0.309 e. The summed E-state index contributed by atoms with van der Waals surface area (Å²) in [7, 11) is 1.60. The van der Waals surface area contributed by atoms with Gasteiger partial charge in [-0.15, -0.1) is 0 Å². The summed E-state index contributed by atoms with van der Waals surface area (Å²) in [6, 6.07) is 12.6. The SMILES string of the molecule is CCC(CC)NC(=O)CN1CC(c2ccc(OC)cc2)C(C(=O)O)C1c1ccc2c(c1)OCO2. The fourth-order valence-electron chi connectivity index (χ4n) is 5.03. The number of carboxylic acids is 1. The zero-order chi connectivity index (χ0) is 24.2. The third-order valence-corrected chi connectivity index (χ3v) is 6.86. The quantitative estimate of drug-likeness (QED) is 0.581. The number of nitrogens with zero attached hydrogens (tertiary/aromatic N) is 1. The van der Waals surface area contributed by atoms with Crippen LogP contribution in [0.25, 0.3) is 0 Å². The Hall–Kier alpha value is -3.26. The molecule has 1 amide bonds. The van der Waals surface area contributed by atoms with Crippen LogP contribution in [-0.2, 0) is 9.59 Å². The largest absolute Gasteiger partial charge is 0.497 e. The molecule has 2 aromatic rings. The molecule has 0 bridgehead atoms. The van der Waals surface area contributed by atoms with Crippen LogP contribution in [-0.4, -0.2) is 54.9 Å². The van der Waals surface area contributed by atoms with Crippen LogP contribution in [0.15, 0.2) is 42.5 Å². The Kier molecular flexibility index (Phi) is 7.26. The first-order chi connectivity index (χ1) is 16.4. The Labute approximate surface area is 199 Å². The van der Waals surface area contributed by atoms with E-state index < -0.39 is 17.9 Å². The van der Waals surface area contributed by atoms with Crippen LogP contribution in [0, 0.1) is 5.92 Å². The van der Waals surface area contributed by atoms with Gasteiger partial charge in [0.2, 0.25) is 12.7 Å². The highest BCUT2D eigenvalue weighted by atomic mass is 16.7. The molecule has 0 saturated carbocycles. The molecule has 2 aliphatic rings. The second-order valence-electron chi connectivity index (χ2n) is 8.81. The molecule has 0 radical (unpaired) electrons. The van der Waals surface area contributed by atoms with E-state index in [2.05, 4.69) is 5.32 Å². The number of amides is 1. The maximum absolute atomic E-state index is 12.9. The van der Waals surface area contributed by atoms with E-state index in [9.17, 15) is 14.7 Å². The summed E-state index contributed by atoms with van der Waals surface area (Å²) in [6.45, 7) is 4.78. The summed E-state index contributed by atoms with van der Waals surface area (Å²) < 4.78 is 16.2. The van der Waals surface area contributed by atoms with Crippen LogP contribution in [0.4, 0.5) is 0 Å². The summed E-state index contributed by atoms with van der Waals surface area (Å²) in [5, 5.41) is 13.4. The monoisotopic (exact) mass is 468 g/mol. The minimum atomic E-state index is -0.897. The molecule has 4 rings (SSSR count). The number of aliphatic carboxylic acids is 1. The van der Waals surface area contributed by atoms with Crippen molar-refractivity contribution in [2.24, 2.45) is 5.92 Å². The maximum atomic E-state index is 12.9. The first kappa shape index (κ1) is 23.9. The molecular formula is C26H32N2O6. The second-order valence-corrected chi connectivity index (χ2v) is 8.81. The lowest BCUT2D eigenvalue weighted by Gasteiger charge is -2.27. The van der Waals surface area contributed by atoms with Gasteiger partial charge in [0.1, 0.15) is 5.75 Å². The number of carbonyl (C=O) groups excluding carboxylic acids is 1. The Morgan fingerprint density at radius 2 is 1.76 bits per heavy atom. The Balaban J connectivity index is 1.69. The number of hydrogen-bond acceptors (Lipinski definition) is 6. The summed E-state index contributed by atoms with van der Waals surface area (Å²) in [6.07, 6.45) is 1.69. The molecule has 3 unspecified atom stereocenters. The number of fused-ring (bicyclic) bond motifs is 1. The molecule has 2 aliphatic heterocycles. The molecule has 8 heteroatoms. The minimum absolute atomic E-state index is 0.0982. The third-order valence-electron chi connectivity index (χ3n) is 6.86. The van der Waals surface area contributed by atoms with Gasteiger partial charge in [-0.05, 0) is 48.2 Å². The molecule has 0 aromatic heterocycles. The van der Waals surface area contributed by atoms with Gasteiger partial charge >= 0.3 is 5.97 Å². The van der Waals surface area contributed by atoms with Crippen molar-refractivity contribution in [2.75, 3.05) is 27.0 Å². The van der Waals surface area contributed by atoms with Gasteiger partial charge in [0.25, 0.3) is 0 Å². The van der Waals surface area contributed by atoms with Gasteiger partial charge in [-0.25, -0.2) is 0 Å². The number of nitrogens with one attached hydrogen (secondary N) is 1. The van der Waals surface area contributed by atoms with Gasteiger partial charge in [-0.1, -0.05) is 32.0 Å². The van der Waals surface area contributed by atoms with Crippen LogP contribution in [0.5, 0.6) is 17.2 Å². The number of methoxy groups -OCH3 is 1. The topological polar surface area (TPSA) is 97.3 Å². The van der Waals surface area contributed by atoms with Crippen molar-refractivity contribution in [1.82, 2.24) is 10.2 Å². The fraction of sp³-hybridized carbons (Fsp3) is 0.462. The molecule has 2 N–H and O–H groups in total. The normalized spacial score (nSPS) is 21.6. The Morgan fingerprint density at radius 1 is 1.09 bits per heavy atom. The molecule has 1 saturated heterocycles. The number of benzene rings is 2. The van der Waals surface area contributed by atoms with E-state index in [0.717, 1.165) is 24.0 Å². The highest BCUT2D eigenvalue weighted by molar-refractivity contribution is 5.79. The average molecular weight is 469 g/mol. The molecule has 34 heavy (non-hydrogen) atoms. The van der Waals surface area contributed by atoms with E-state index >= 15 is 0 Å². The predicted octanol–water partition coefficient (Wildman–Crippen LogP) is 3.57. The molecule has 2 aromatic carbocycles. The summed E-state index contributed by atoms with van der Waals surface area (Å²) in [5.41, 5.74) is 1.70. The van der Waals surface area contributed by atoms with Gasteiger partial charge in [0.15, 0.2) is 11.5 Å². The average Bonchev–Trinajstić information content (AvgIpc) is 3.46. The number of rotatable bonds is 9. The lowest BCUT2D eigenvalue weighted by atomic mass is 9.83. The molecule has 0 spiro atoms. The van der Waals surface area contributed by atoms with E-state index in [-0.39, 0.29) is 31.2 Å². The van der Waals surface area contributed by atoms with Gasteiger partial charge in [0.05, 0.1) is 19.6 Å². The van der Waals surface area contributed by atoms with E-state index in [1.54, 1.807) is 13.2 Å². The van der Waals surface area contributed by atoms with Crippen molar-refractivity contribution in [3.8, 4) is 17.2 Å². The van der Waals surface area contributed by atoms with Crippen molar-refractivity contribution in [2.45, 2.75) is 44.7 Å². The van der Waals surface area contributed by atoms with Crippen molar-refractivity contribution in [3.63, 3.8) is 0 Å². The molecular weight excluding hydrogens is 436 g/mol. The molecule has 2 heterocycles. The molecule has 1 fully saturated rings. The van der Waals surface area contributed by atoms with E-state index in [0.29, 0.717) is 23.8 Å². The molecule has 3 atom stereocenters. The van der Waals surface area contributed by atoms with Crippen molar-refractivity contribution < 1.29 is 28.9 Å². The number of hydrogen-bond donors (Lipinski definition) is 2. The van der Waals surface area contributed by atoms with Crippen molar-refractivity contribution in [1.29, 1.82) is 0 Å². The number of carboxylic acid groups (broad SMARTS) is 1. The molecule has 0 aliphatic carbocycles. The highest BCUT2D eigenvalue weighted by Crippen LogP contribution is 2.47. The van der Waals surface area contributed by atoms with Gasteiger partial charge in [0, 0.05) is 24.5 Å². The van der Waals surface area contributed by atoms with Gasteiger partial charge < -0.3 is 24.6 Å². The van der Waals surface area contributed by atoms with E-state index in [1.807, 2.05) is 55.1 Å². The minimum Gasteiger partial charge on any atom is -0.497 e. The van der Waals surface area contributed by atoms with Crippen molar-refractivity contribution >= 4 is 11.9 Å². The van der Waals surface area contributed by atoms with Crippen LogP contribution in [0.3, 0.4) is 0 Å². The standard InChI is InChI=1S/C26H32N2O6/c1-4-18(5-2)27-23(29)14-28-13-20(16-6-9-19(32-3)10-7-16)24(26(30)31)25(28)17-8-11-21-22(12-17)34-15-33-21/h6-12,18,20,24-25H,4-5,13-15H2,1-3H3,(H,27,29)(H,30,31). The lowest BCUT2D eigenvalue weighted by Crippen LogP contribution is -2.42. The first-order valence-electron chi connectivity index (χ1n) is 11.7. The Bertz CT molecular complexity index is 1020. The predicted molar refractivity (Wildman–Crippen MR) is 126 cm³/mol. The summed E-state index contributed by atoms with van der Waals surface area (Å²) in [4.78, 5) is 27.5. The van der Waals surface area contributed by atoms with Gasteiger partial charge in [-0.2, -0.15) is 0 Å².